The molecule has 0 aliphatic rings. The molecular weight excluding hydrogens is 244 g/mol. The maximum Gasteiger partial charge on any atom is 0.209 e. The number of hydrogen-bond acceptors (Lipinski definition) is 5. The van der Waals surface area contributed by atoms with Crippen molar-refractivity contribution in [2.45, 2.75) is 0 Å². The van der Waals surface area contributed by atoms with Crippen molar-refractivity contribution >= 4 is 35.5 Å². The van der Waals surface area contributed by atoms with E-state index in [9.17, 15) is 10.2 Å². The van der Waals surface area contributed by atoms with Gasteiger partial charge in [-0.1, -0.05) is 17.4 Å². The number of phenolic OH excluding ortho intramolecular Hbond substituents is 1. The van der Waals surface area contributed by atoms with Crippen molar-refractivity contribution in [2.75, 3.05) is 0 Å². The van der Waals surface area contributed by atoms with E-state index in [2.05, 4.69) is 9.98 Å². The van der Waals surface area contributed by atoms with Crippen molar-refractivity contribution in [1.82, 2.24) is 4.98 Å². The van der Waals surface area contributed by atoms with Gasteiger partial charge in [-0.25, -0.2) is 0 Å². The number of H-pyrrole nitrogens is 1. The van der Waals surface area contributed by atoms with Gasteiger partial charge >= 0.3 is 0 Å². The first kappa shape index (κ1) is 10.8. The average Bonchev–Trinajstić information content (AvgIpc) is 2.54. The fourth-order valence-electron chi connectivity index (χ4n) is 1.13. The lowest BCUT2D eigenvalue weighted by Gasteiger charge is -1.93. The first-order valence-corrected chi connectivity index (χ1v) is 5.63. The molecule has 0 bridgehead atoms. The van der Waals surface area contributed by atoms with Crippen LogP contribution in [0.2, 0.25) is 0 Å². The van der Waals surface area contributed by atoms with Gasteiger partial charge in [-0.05, 0) is 24.4 Å². The largest absolute Gasteiger partial charge is 0.508 e. The molecule has 0 atom stereocenters. The molecule has 16 heavy (non-hydrogen) atoms. The molecule has 0 aliphatic heterocycles. The molecular formula is C10H8N2O2S2. The Kier molecular flexibility index (Phi) is 3.02. The Balaban J connectivity index is 2.28. The van der Waals surface area contributed by atoms with Crippen LogP contribution in [-0.4, -0.2) is 21.4 Å². The molecule has 3 N–H and O–H groups in total. The van der Waals surface area contributed by atoms with Gasteiger partial charge in [-0.3, -0.25) is 4.99 Å². The van der Waals surface area contributed by atoms with Crippen LogP contribution in [0, 0.1) is 3.95 Å². The topological polar surface area (TPSA) is 68.6 Å². The second-order valence-corrected chi connectivity index (χ2v) is 4.72. The summed E-state index contributed by atoms with van der Waals surface area (Å²) in [6, 6.07) is 6.54. The Morgan fingerprint density at radius 1 is 1.38 bits per heavy atom. The van der Waals surface area contributed by atoms with E-state index in [1.54, 1.807) is 18.2 Å². The highest BCUT2D eigenvalue weighted by molar-refractivity contribution is 7.73. The van der Waals surface area contributed by atoms with E-state index >= 15 is 0 Å². The summed E-state index contributed by atoms with van der Waals surface area (Å²) in [6.07, 6.45) is 1.50. The van der Waals surface area contributed by atoms with Gasteiger partial charge < -0.3 is 15.2 Å². The molecule has 0 radical (unpaired) electrons. The monoisotopic (exact) mass is 252 g/mol. The third kappa shape index (κ3) is 2.47. The van der Waals surface area contributed by atoms with Crippen molar-refractivity contribution in [2.24, 2.45) is 4.99 Å². The summed E-state index contributed by atoms with van der Waals surface area (Å²) < 4.78 is 0.495. The number of nitrogens with one attached hydrogen (secondary N) is 1. The Bertz CT molecular complexity index is 587. The molecule has 1 aromatic carbocycles. The van der Waals surface area contributed by atoms with Crippen molar-refractivity contribution in [1.29, 1.82) is 0 Å². The van der Waals surface area contributed by atoms with Gasteiger partial charge in [0.05, 0.1) is 11.9 Å². The van der Waals surface area contributed by atoms with Crippen LogP contribution in [0.15, 0.2) is 29.3 Å². The van der Waals surface area contributed by atoms with Crippen LogP contribution in [-0.2, 0) is 0 Å². The molecule has 0 fully saturated rings. The summed E-state index contributed by atoms with van der Waals surface area (Å²) in [6.45, 7) is 0. The van der Waals surface area contributed by atoms with Crippen molar-refractivity contribution < 1.29 is 10.2 Å². The molecule has 0 amide bonds. The number of aromatic amines is 1. The van der Waals surface area contributed by atoms with Gasteiger partial charge in [0, 0.05) is 6.07 Å². The third-order valence-corrected chi connectivity index (χ3v) is 2.98. The van der Waals surface area contributed by atoms with Crippen LogP contribution < -0.4 is 0 Å². The standard InChI is InChI=1S/C10H8N2O2S2/c13-7-3-1-2-6(4-7)11-5-8-9(14)12-10(15)16-8/h1-5,13-14H,(H,12,15). The first-order valence-electron chi connectivity index (χ1n) is 4.40. The van der Waals surface area contributed by atoms with Crippen LogP contribution in [0.3, 0.4) is 0 Å². The Morgan fingerprint density at radius 3 is 2.81 bits per heavy atom. The molecule has 4 nitrogen and oxygen atoms in total. The van der Waals surface area contributed by atoms with Crippen LogP contribution >= 0.6 is 23.6 Å². The van der Waals surface area contributed by atoms with Gasteiger partial charge in [-0.15, -0.1) is 0 Å². The van der Waals surface area contributed by atoms with E-state index < -0.39 is 0 Å². The molecule has 0 spiro atoms. The van der Waals surface area contributed by atoms with E-state index in [1.165, 1.54) is 23.6 Å². The van der Waals surface area contributed by atoms with Crippen LogP contribution in [0.5, 0.6) is 11.6 Å². The molecule has 2 aromatic rings. The van der Waals surface area contributed by atoms with Crippen LogP contribution in [0.4, 0.5) is 5.69 Å². The van der Waals surface area contributed by atoms with E-state index in [4.69, 9.17) is 12.2 Å². The lowest BCUT2D eigenvalue weighted by Crippen LogP contribution is -1.74. The highest BCUT2D eigenvalue weighted by atomic mass is 32.1. The number of aliphatic imine (C=N–C) groups is 1. The number of benzene rings is 1. The van der Waals surface area contributed by atoms with E-state index in [0.29, 0.717) is 14.5 Å². The smallest absolute Gasteiger partial charge is 0.209 e. The molecule has 0 saturated heterocycles. The molecule has 0 unspecified atom stereocenters. The molecule has 0 saturated carbocycles. The minimum absolute atomic E-state index is 0.0129. The number of aromatic nitrogens is 1. The first-order chi connectivity index (χ1) is 7.65. The maximum absolute atomic E-state index is 9.41. The second kappa shape index (κ2) is 4.46. The normalized spacial score (nSPS) is 11.0. The van der Waals surface area contributed by atoms with E-state index in [-0.39, 0.29) is 11.6 Å². The number of phenols is 1. The van der Waals surface area contributed by atoms with Gasteiger partial charge in [0.15, 0.2) is 3.95 Å². The number of rotatable bonds is 2. The maximum atomic E-state index is 9.41. The zero-order chi connectivity index (χ0) is 11.5. The number of thiazole rings is 1. The van der Waals surface area contributed by atoms with Gasteiger partial charge in [0.1, 0.15) is 10.6 Å². The number of nitrogens with zero attached hydrogens (tertiary/aromatic N) is 1. The fourth-order valence-corrected chi connectivity index (χ4v) is 2.09. The minimum atomic E-state index is 0.0129. The molecule has 1 aromatic heterocycles. The van der Waals surface area contributed by atoms with Crippen LogP contribution in [0.25, 0.3) is 0 Å². The van der Waals surface area contributed by atoms with Crippen molar-refractivity contribution in [3.05, 3.63) is 33.1 Å². The van der Waals surface area contributed by atoms with Crippen LogP contribution in [0.1, 0.15) is 4.88 Å². The van der Waals surface area contributed by atoms with Crippen molar-refractivity contribution in [3.63, 3.8) is 0 Å². The fraction of sp³-hybridized carbons (Fsp3) is 0. The van der Waals surface area contributed by atoms with Crippen molar-refractivity contribution in [3.8, 4) is 11.6 Å². The molecule has 6 heteroatoms. The summed E-state index contributed by atoms with van der Waals surface area (Å²) in [5, 5.41) is 18.6. The van der Waals surface area contributed by atoms with Gasteiger partial charge in [-0.2, -0.15) is 0 Å². The zero-order valence-electron chi connectivity index (χ0n) is 8.04. The molecule has 2 rings (SSSR count). The lowest BCUT2D eigenvalue weighted by atomic mass is 10.3. The number of hydrogen-bond donors (Lipinski definition) is 3. The SMILES string of the molecule is Oc1cccc(N=Cc2sc(=S)[nH]c2O)c1. The van der Waals surface area contributed by atoms with E-state index in [0.717, 1.165) is 0 Å². The van der Waals surface area contributed by atoms with Gasteiger partial charge in [0.2, 0.25) is 5.88 Å². The minimum Gasteiger partial charge on any atom is -0.508 e. The Hall–Kier alpha value is -1.66. The predicted octanol–water partition coefficient (Wildman–Crippen LogP) is 2.97. The lowest BCUT2D eigenvalue weighted by molar-refractivity contribution is 0.456. The highest BCUT2D eigenvalue weighted by Crippen LogP contribution is 2.22. The quantitative estimate of drug-likeness (QED) is 0.568. The Morgan fingerprint density at radius 2 is 2.19 bits per heavy atom. The summed E-state index contributed by atoms with van der Waals surface area (Å²) >= 11 is 6.11. The summed E-state index contributed by atoms with van der Waals surface area (Å²) in [7, 11) is 0. The number of aromatic hydroxyl groups is 2. The second-order valence-electron chi connectivity index (χ2n) is 3.01. The Labute approximate surface area is 101 Å². The third-order valence-electron chi connectivity index (χ3n) is 1.82. The predicted molar refractivity (Wildman–Crippen MR) is 66.5 cm³/mol. The average molecular weight is 252 g/mol. The molecule has 1 heterocycles. The molecule has 82 valence electrons. The van der Waals surface area contributed by atoms with E-state index in [1.807, 2.05) is 0 Å². The zero-order valence-corrected chi connectivity index (χ0v) is 9.68. The molecule has 0 aliphatic carbocycles. The summed E-state index contributed by atoms with van der Waals surface area (Å²) in [5.74, 6) is 0.166. The highest BCUT2D eigenvalue weighted by Gasteiger charge is 2.01. The summed E-state index contributed by atoms with van der Waals surface area (Å²) in [5.41, 5.74) is 0.610. The van der Waals surface area contributed by atoms with Gasteiger partial charge in [0.25, 0.3) is 0 Å². The summed E-state index contributed by atoms with van der Waals surface area (Å²) in [4.78, 5) is 7.28.